The number of halogens is 1. The third-order valence-electron chi connectivity index (χ3n) is 4.70. The molecular weight excluding hydrogens is 336 g/mol. The maximum Gasteiger partial charge on any atom is 0.123 e. The standard InChI is InChI=1S/C20H26N2O2.ClH/c1-15-12-16(8-9-19(15)23-2)14-22-11-10-21-13-18(22)17-6-4-5-7-20(17)24-3;/h4-9,12,18,21H,10-11,13-14H2,1-3H3;1H. The summed E-state index contributed by atoms with van der Waals surface area (Å²) < 4.78 is 10.9. The molecule has 1 atom stereocenters. The lowest BCUT2D eigenvalue weighted by molar-refractivity contribution is 0.151. The van der Waals surface area contributed by atoms with E-state index in [1.54, 1.807) is 14.2 Å². The second kappa shape index (κ2) is 9.09. The van der Waals surface area contributed by atoms with E-state index < -0.39 is 0 Å². The Bertz CT molecular complexity index is 693. The van der Waals surface area contributed by atoms with E-state index in [1.165, 1.54) is 16.7 Å². The molecule has 1 aliphatic heterocycles. The first kappa shape index (κ1) is 19.6. The van der Waals surface area contributed by atoms with Gasteiger partial charge in [0.25, 0.3) is 0 Å². The van der Waals surface area contributed by atoms with Crippen molar-refractivity contribution in [2.24, 2.45) is 0 Å². The SMILES string of the molecule is COc1ccc(CN2CCNCC2c2ccccc2OC)cc1C.Cl. The summed E-state index contributed by atoms with van der Waals surface area (Å²) in [6.45, 7) is 6.00. The van der Waals surface area contributed by atoms with Crippen LogP contribution in [0.25, 0.3) is 0 Å². The third kappa shape index (κ3) is 4.46. The quantitative estimate of drug-likeness (QED) is 0.881. The summed E-state index contributed by atoms with van der Waals surface area (Å²) >= 11 is 0. The molecule has 5 heteroatoms. The van der Waals surface area contributed by atoms with Gasteiger partial charge in [0, 0.05) is 31.7 Å². The summed E-state index contributed by atoms with van der Waals surface area (Å²) in [5, 5.41) is 3.51. The van der Waals surface area contributed by atoms with E-state index in [-0.39, 0.29) is 12.4 Å². The van der Waals surface area contributed by atoms with Gasteiger partial charge in [-0.3, -0.25) is 4.90 Å². The molecule has 3 rings (SSSR count). The number of nitrogens with one attached hydrogen (secondary N) is 1. The molecule has 1 N–H and O–H groups in total. The van der Waals surface area contributed by atoms with Crippen molar-refractivity contribution < 1.29 is 9.47 Å². The van der Waals surface area contributed by atoms with Crippen LogP contribution >= 0.6 is 12.4 Å². The van der Waals surface area contributed by atoms with Gasteiger partial charge < -0.3 is 14.8 Å². The number of para-hydroxylation sites is 1. The highest BCUT2D eigenvalue weighted by atomic mass is 35.5. The third-order valence-corrected chi connectivity index (χ3v) is 4.70. The van der Waals surface area contributed by atoms with E-state index in [4.69, 9.17) is 9.47 Å². The molecule has 0 aliphatic carbocycles. The molecule has 1 saturated heterocycles. The number of hydrogen-bond acceptors (Lipinski definition) is 4. The lowest BCUT2D eigenvalue weighted by Gasteiger charge is -2.37. The van der Waals surface area contributed by atoms with Crippen molar-refractivity contribution in [1.82, 2.24) is 10.2 Å². The number of piperazine rings is 1. The first-order valence-corrected chi connectivity index (χ1v) is 8.44. The number of ether oxygens (including phenoxy) is 2. The van der Waals surface area contributed by atoms with Crippen molar-refractivity contribution in [1.29, 1.82) is 0 Å². The number of rotatable bonds is 5. The molecule has 0 bridgehead atoms. The molecule has 136 valence electrons. The Morgan fingerprint density at radius 2 is 1.84 bits per heavy atom. The average Bonchev–Trinajstić information content (AvgIpc) is 2.62. The fourth-order valence-electron chi connectivity index (χ4n) is 3.46. The molecule has 1 fully saturated rings. The summed E-state index contributed by atoms with van der Waals surface area (Å²) in [5.74, 6) is 1.91. The molecule has 1 unspecified atom stereocenters. The van der Waals surface area contributed by atoms with Crippen molar-refractivity contribution in [3.05, 3.63) is 59.2 Å². The minimum Gasteiger partial charge on any atom is -0.496 e. The number of nitrogens with zero attached hydrogens (tertiary/aromatic N) is 1. The summed E-state index contributed by atoms with van der Waals surface area (Å²) in [5.41, 5.74) is 3.74. The van der Waals surface area contributed by atoms with Crippen LogP contribution in [0.15, 0.2) is 42.5 Å². The average molecular weight is 363 g/mol. The van der Waals surface area contributed by atoms with E-state index in [2.05, 4.69) is 47.5 Å². The minimum atomic E-state index is 0. The van der Waals surface area contributed by atoms with Crippen molar-refractivity contribution in [2.75, 3.05) is 33.9 Å². The predicted octanol–water partition coefficient (Wildman–Crippen LogP) is 3.58. The molecule has 0 saturated carbocycles. The van der Waals surface area contributed by atoms with Crippen molar-refractivity contribution in [3.63, 3.8) is 0 Å². The normalized spacial score (nSPS) is 17.6. The molecule has 0 amide bonds. The monoisotopic (exact) mass is 362 g/mol. The molecule has 0 spiro atoms. The summed E-state index contributed by atoms with van der Waals surface area (Å²) in [4.78, 5) is 2.52. The molecular formula is C20H27ClN2O2. The van der Waals surface area contributed by atoms with Crippen LogP contribution in [0.2, 0.25) is 0 Å². The highest BCUT2D eigenvalue weighted by Gasteiger charge is 2.26. The van der Waals surface area contributed by atoms with Gasteiger partial charge in [-0.25, -0.2) is 0 Å². The van der Waals surface area contributed by atoms with E-state index in [0.29, 0.717) is 6.04 Å². The van der Waals surface area contributed by atoms with Crippen molar-refractivity contribution >= 4 is 12.4 Å². The zero-order chi connectivity index (χ0) is 16.9. The van der Waals surface area contributed by atoms with Crippen LogP contribution in [-0.4, -0.2) is 38.8 Å². The van der Waals surface area contributed by atoms with Crippen LogP contribution in [0, 0.1) is 6.92 Å². The highest BCUT2D eigenvalue weighted by molar-refractivity contribution is 5.85. The lowest BCUT2D eigenvalue weighted by Crippen LogP contribution is -2.45. The fourth-order valence-corrected chi connectivity index (χ4v) is 3.46. The Kier molecular flexibility index (Phi) is 7.12. The Morgan fingerprint density at radius 3 is 2.56 bits per heavy atom. The summed E-state index contributed by atoms with van der Waals surface area (Å²) in [6.07, 6.45) is 0. The van der Waals surface area contributed by atoms with Gasteiger partial charge in [-0.05, 0) is 30.2 Å². The van der Waals surface area contributed by atoms with Gasteiger partial charge in [0.05, 0.1) is 20.3 Å². The number of aryl methyl sites for hydroxylation is 1. The molecule has 1 heterocycles. The Labute approximate surface area is 156 Å². The van der Waals surface area contributed by atoms with Crippen LogP contribution in [0.4, 0.5) is 0 Å². The van der Waals surface area contributed by atoms with Gasteiger partial charge in [0.15, 0.2) is 0 Å². The molecule has 1 aliphatic rings. The van der Waals surface area contributed by atoms with Gasteiger partial charge in [-0.1, -0.05) is 30.3 Å². The smallest absolute Gasteiger partial charge is 0.123 e. The van der Waals surface area contributed by atoms with E-state index >= 15 is 0 Å². The Morgan fingerprint density at radius 1 is 1.08 bits per heavy atom. The second-order valence-corrected chi connectivity index (χ2v) is 6.24. The Hall–Kier alpha value is -1.75. The summed E-state index contributed by atoms with van der Waals surface area (Å²) in [7, 11) is 3.46. The molecule has 0 radical (unpaired) electrons. The second-order valence-electron chi connectivity index (χ2n) is 6.24. The molecule has 25 heavy (non-hydrogen) atoms. The van der Waals surface area contributed by atoms with Crippen molar-refractivity contribution in [2.45, 2.75) is 19.5 Å². The van der Waals surface area contributed by atoms with E-state index in [0.717, 1.165) is 37.7 Å². The lowest BCUT2D eigenvalue weighted by atomic mass is 10.0. The first-order valence-electron chi connectivity index (χ1n) is 8.44. The van der Waals surface area contributed by atoms with Gasteiger partial charge in [0.2, 0.25) is 0 Å². The van der Waals surface area contributed by atoms with Crippen molar-refractivity contribution in [3.8, 4) is 11.5 Å². The molecule has 0 aromatic heterocycles. The number of methoxy groups -OCH3 is 2. The highest BCUT2D eigenvalue weighted by Crippen LogP contribution is 2.31. The van der Waals surface area contributed by atoms with Crippen LogP contribution < -0.4 is 14.8 Å². The topological polar surface area (TPSA) is 33.7 Å². The molecule has 2 aromatic carbocycles. The van der Waals surface area contributed by atoms with Crippen LogP contribution in [-0.2, 0) is 6.54 Å². The van der Waals surface area contributed by atoms with Gasteiger partial charge in [-0.15, -0.1) is 12.4 Å². The van der Waals surface area contributed by atoms with E-state index in [1.807, 2.05) is 12.1 Å². The zero-order valence-corrected chi connectivity index (χ0v) is 15.9. The molecule has 2 aromatic rings. The maximum atomic E-state index is 5.58. The summed E-state index contributed by atoms with van der Waals surface area (Å²) in [6, 6.07) is 15.1. The van der Waals surface area contributed by atoms with Crippen LogP contribution in [0.5, 0.6) is 11.5 Å². The zero-order valence-electron chi connectivity index (χ0n) is 15.1. The number of benzene rings is 2. The Balaban J connectivity index is 0.00000225. The van der Waals surface area contributed by atoms with Crippen LogP contribution in [0.1, 0.15) is 22.7 Å². The first-order chi connectivity index (χ1) is 11.7. The minimum absolute atomic E-state index is 0. The van der Waals surface area contributed by atoms with Gasteiger partial charge >= 0.3 is 0 Å². The van der Waals surface area contributed by atoms with Crippen LogP contribution in [0.3, 0.4) is 0 Å². The predicted molar refractivity (Wildman–Crippen MR) is 104 cm³/mol. The fraction of sp³-hybridized carbons (Fsp3) is 0.400. The van der Waals surface area contributed by atoms with E-state index in [9.17, 15) is 0 Å². The van der Waals surface area contributed by atoms with Gasteiger partial charge in [0.1, 0.15) is 11.5 Å². The van der Waals surface area contributed by atoms with Gasteiger partial charge in [-0.2, -0.15) is 0 Å². The largest absolute Gasteiger partial charge is 0.496 e. The molecule has 4 nitrogen and oxygen atoms in total. The number of hydrogen-bond donors (Lipinski definition) is 1. The maximum absolute atomic E-state index is 5.58.